The van der Waals surface area contributed by atoms with Crippen LogP contribution in [0.3, 0.4) is 0 Å². The van der Waals surface area contributed by atoms with E-state index >= 15 is 0 Å². The Labute approximate surface area is 128 Å². The van der Waals surface area contributed by atoms with Crippen LogP contribution in [0.2, 0.25) is 0 Å². The van der Waals surface area contributed by atoms with E-state index in [0.717, 1.165) is 17.3 Å². The third kappa shape index (κ3) is 2.02. The van der Waals surface area contributed by atoms with Gasteiger partial charge in [0.25, 0.3) is 0 Å². The molecule has 3 heterocycles. The number of aromatic nitrogens is 2. The van der Waals surface area contributed by atoms with Gasteiger partial charge < -0.3 is 19.4 Å². The molecule has 0 fully saturated rings. The highest BCUT2D eigenvalue weighted by atomic mass is 16.3. The van der Waals surface area contributed by atoms with E-state index in [1.807, 2.05) is 41.1 Å². The largest absolute Gasteiger partial charge is 0.467 e. The normalized spacial score (nSPS) is 23.8. The van der Waals surface area contributed by atoms with Crippen molar-refractivity contribution < 1.29 is 9.52 Å². The Morgan fingerprint density at radius 1 is 1.18 bits per heavy atom. The monoisotopic (exact) mass is 295 g/mol. The van der Waals surface area contributed by atoms with Gasteiger partial charge in [-0.3, -0.25) is 0 Å². The number of imidazole rings is 1. The summed E-state index contributed by atoms with van der Waals surface area (Å²) in [6.45, 7) is 0.0511. The Hall–Kier alpha value is -2.53. The summed E-state index contributed by atoms with van der Waals surface area (Å²) in [7, 11) is 0. The van der Waals surface area contributed by atoms with Crippen molar-refractivity contribution in [3.8, 4) is 0 Å². The van der Waals surface area contributed by atoms with Crippen molar-refractivity contribution in [3.63, 3.8) is 0 Å². The molecule has 3 atom stereocenters. The summed E-state index contributed by atoms with van der Waals surface area (Å²) in [4.78, 5) is 4.39. The molecule has 0 unspecified atom stereocenters. The lowest BCUT2D eigenvalue weighted by molar-refractivity contribution is 0.155. The molecule has 0 saturated carbocycles. The van der Waals surface area contributed by atoms with E-state index < -0.39 is 0 Å². The second kappa shape index (κ2) is 5.35. The fourth-order valence-electron chi connectivity index (χ4n) is 3.29. The molecule has 5 heteroatoms. The molecule has 1 aromatic carbocycles. The average molecular weight is 295 g/mol. The van der Waals surface area contributed by atoms with Gasteiger partial charge in [0.1, 0.15) is 11.8 Å². The molecule has 0 radical (unpaired) electrons. The quantitative estimate of drug-likeness (QED) is 0.780. The molecule has 112 valence electrons. The highest BCUT2D eigenvalue weighted by molar-refractivity contribution is 5.39. The minimum atomic E-state index is -0.0797. The van der Waals surface area contributed by atoms with Crippen LogP contribution in [0.4, 0.5) is 5.95 Å². The number of nitrogens with zero attached hydrogens (tertiary/aromatic N) is 2. The number of benzene rings is 1. The fourth-order valence-corrected chi connectivity index (χ4v) is 3.29. The van der Waals surface area contributed by atoms with Crippen LogP contribution in [-0.4, -0.2) is 21.3 Å². The summed E-state index contributed by atoms with van der Waals surface area (Å²) < 4.78 is 7.65. The predicted molar refractivity (Wildman–Crippen MR) is 82.5 cm³/mol. The maximum Gasteiger partial charge on any atom is 0.203 e. The van der Waals surface area contributed by atoms with E-state index in [0.29, 0.717) is 0 Å². The van der Waals surface area contributed by atoms with E-state index in [9.17, 15) is 5.11 Å². The third-order valence-corrected chi connectivity index (χ3v) is 4.29. The lowest BCUT2D eigenvalue weighted by atomic mass is 9.85. The number of nitrogens with one attached hydrogen (secondary N) is 1. The molecule has 0 spiro atoms. The van der Waals surface area contributed by atoms with Crippen molar-refractivity contribution in [1.29, 1.82) is 0 Å². The standard InChI is InChI=1S/C17H17N3O2/c21-11-13-15(12-5-2-1-3-6-12)19-17-18-8-9-20(17)16(13)14-7-4-10-22-14/h1-10,13,15-16,21H,11H2,(H,18,19)/t13-,15-,16-/m0/s1. The molecular weight excluding hydrogens is 278 g/mol. The first kappa shape index (κ1) is 13.2. The number of aliphatic hydroxyl groups is 1. The summed E-state index contributed by atoms with van der Waals surface area (Å²) in [6, 6.07) is 13.9. The van der Waals surface area contributed by atoms with E-state index in [-0.39, 0.29) is 24.6 Å². The van der Waals surface area contributed by atoms with Crippen molar-refractivity contribution >= 4 is 5.95 Å². The topological polar surface area (TPSA) is 63.2 Å². The van der Waals surface area contributed by atoms with Gasteiger partial charge in [0.05, 0.1) is 18.9 Å². The molecule has 2 N–H and O–H groups in total. The molecular formula is C17H17N3O2. The van der Waals surface area contributed by atoms with Crippen LogP contribution in [0.5, 0.6) is 0 Å². The minimum Gasteiger partial charge on any atom is -0.467 e. The van der Waals surface area contributed by atoms with E-state index in [1.165, 1.54) is 0 Å². The average Bonchev–Trinajstić information content (AvgIpc) is 3.25. The first-order chi connectivity index (χ1) is 10.9. The van der Waals surface area contributed by atoms with Crippen LogP contribution in [0.1, 0.15) is 23.4 Å². The molecule has 3 aromatic rings. The number of fused-ring (bicyclic) bond motifs is 1. The van der Waals surface area contributed by atoms with E-state index in [2.05, 4.69) is 22.4 Å². The number of anilines is 1. The van der Waals surface area contributed by atoms with Crippen LogP contribution in [-0.2, 0) is 0 Å². The number of rotatable bonds is 3. The zero-order valence-electron chi connectivity index (χ0n) is 12.0. The van der Waals surface area contributed by atoms with Gasteiger partial charge in [-0.05, 0) is 17.7 Å². The Morgan fingerprint density at radius 2 is 2.05 bits per heavy atom. The SMILES string of the molecule is OC[C@@H]1[C@@H](c2ccco2)n2ccnc2N[C@H]1c1ccccc1. The van der Waals surface area contributed by atoms with Gasteiger partial charge in [0, 0.05) is 18.3 Å². The summed E-state index contributed by atoms with van der Waals surface area (Å²) in [5.74, 6) is 1.58. The number of hydrogen-bond donors (Lipinski definition) is 2. The van der Waals surface area contributed by atoms with Crippen molar-refractivity contribution in [2.75, 3.05) is 11.9 Å². The number of hydrogen-bond acceptors (Lipinski definition) is 4. The fraction of sp³-hybridized carbons (Fsp3) is 0.235. The maximum atomic E-state index is 10.0. The molecule has 0 amide bonds. The molecule has 2 aromatic heterocycles. The lowest BCUT2D eigenvalue weighted by Gasteiger charge is -2.38. The summed E-state index contributed by atoms with van der Waals surface area (Å²) in [5, 5.41) is 13.5. The van der Waals surface area contributed by atoms with Gasteiger partial charge in [0.2, 0.25) is 5.95 Å². The van der Waals surface area contributed by atoms with Crippen LogP contribution in [0.25, 0.3) is 0 Å². The van der Waals surface area contributed by atoms with Gasteiger partial charge in [-0.25, -0.2) is 4.98 Å². The molecule has 0 saturated heterocycles. The van der Waals surface area contributed by atoms with Crippen LogP contribution < -0.4 is 5.32 Å². The first-order valence-electron chi connectivity index (χ1n) is 7.37. The summed E-state index contributed by atoms with van der Waals surface area (Å²) >= 11 is 0. The van der Waals surface area contributed by atoms with Crippen molar-refractivity contribution in [2.45, 2.75) is 12.1 Å². The van der Waals surface area contributed by atoms with Gasteiger partial charge in [-0.15, -0.1) is 0 Å². The Bertz CT molecular complexity index is 736. The van der Waals surface area contributed by atoms with Crippen LogP contribution in [0.15, 0.2) is 65.5 Å². The van der Waals surface area contributed by atoms with Crippen molar-refractivity contribution in [2.24, 2.45) is 5.92 Å². The van der Waals surface area contributed by atoms with Crippen molar-refractivity contribution in [1.82, 2.24) is 9.55 Å². The zero-order chi connectivity index (χ0) is 14.9. The third-order valence-electron chi connectivity index (χ3n) is 4.29. The molecule has 1 aliphatic rings. The van der Waals surface area contributed by atoms with E-state index in [1.54, 1.807) is 12.5 Å². The number of furan rings is 1. The molecule has 1 aliphatic heterocycles. The first-order valence-corrected chi connectivity index (χ1v) is 7.37. The van der Waals surface area contributed by atoms with Crippen LogP contribution in [0, 0.1) is 5.92 Å². The molecule has 5 nitrogen and oxygen atoms in total. The molecule has 0 bridgehead atoms. The van der Waals surface area contributed by atoms with Gasteiger partial charge in [0.15, 0.2) is 0 Å². The number of aliphatic hydroxyl groups excluding tert-OH is 1. The highest BCUT2D eigenvalue weighted by Crippen LogP contribution is 2.42. The Kier molecular flexibility index (Phi) is 3.20. The summed E-state index contributed by atoms with van der Waals surface area (Å²) in [5.41, 5.74) is 1.13. The maximum absolute atomic E-state index is 10.0. The Morgan fingerprint density at radius 3 is 2.77 bits per heavy atom. The second-order valence-electron chi connectivity index (χ2n) is 5.50. The minimum absolute atomic E-state index is 0.0174. The van der Waals surface area contributed by atoms with Gasteiger partial charge in [-0.1, -0.05) is 30.3 Å². The molecule has 4 rings (SSSR count). The van der Waals surface area contributed by atoms with E-state index in [4.69, 9.17) is 4.42 Å². The van der Waals surface area contributed by atoms with Gasteiger partial charge >= 0.3 is 0 Å². The predicted octanol–water partition coefficient (Wildman–Crippen LogP) is 2.84. The van der Waals surface area contributed by atoms with Gasteiger partial charge in [-0.2, -0.15) is 0 Å². The lowest BCUT2D eigenvalue weighted by Crippen LogP contribution is -2.38. The molecule has 22 heavy (non-hydrogen) atoms. The highest BCUT2D eigenvalue weighted by Gasteiger charge is 2.39. The van der Waals surface area contributed by atoms with Crippen LogP contribution >= 0.6 is 0 Å². The second-order valence-corrected chi connectivity index (χ2v) is 5.50. The smallest absolute Gasteiger partial charge is 0.203 e. The summed E-state index contributed by atoms with van der Waals surface area (Å²) in [6.07, 6.45) is 5.35. The Balaban J connectivity index is 1.83. The molecule has 0 aliphatic carbocycles. The zero-order valence-corrected chi connectivity index (χ0v) is 12.0. The van der Waals surface area contributed by atoms with Crippen molar-refractivity contribution in [3.05, 3.63) is 72.4 Å².